The molecule has 1 N–H and O–H groups in total. The number of hydrogen-bond acceptors (Lipinski definition) is 3. The molecule has 2 heterocycles. The highest BCUT2D eigenvalue weighted by Crippen LogP contribution is 2.22. The van der Waals surface area contributed by atoms with Gasteiger partial charge in [0.05, 0.1) is 12.5 Å². The standard InChI is InChI=1S/C17H22N2O/c1-2-16-10-18-17(15-6-4-3-5-7-15)12-19(16)11-14-8-9-20-13-14/h3-9,13,16-18H,2,10-12H2,1H3. The van der Waals surface area contributed by atoms with Gasteiger partial charge in [0.1, 0.15) is 0 Å². The number of benzene rings is 1. The van der Waals surface area contributed by atoms with E-state index in [1.807, 2.05) is 6.26 Å². The van der Waals surface area contributed by atoms with Crippen LogP contribution in [0.15, 0.2) is 53.3 Å². The molecule has 0 radical (unpaired) electrons. The normalized spacial score (nSPS) is 23.9. The molecule has 1 aliphatic rings. The van der Waals surface area contributed by atoms with Crippen LogP contribution in [0.25, 0.3) is 0 Å². The van der Waals surface area contributed by atoms with Crippen LogP contribution in [-0.2, 0) is 6.54 Å². The summed E-state index contributed by atoms with van der Waals surface area (Å²) in [7, 11) is 0. The molecule has 20 heavy (non-hydrogen) atoms. The largest absolute Gasteiger partial charge is 0.472 e. The van der Waals surface area contributed by atoms with Crippen LogP contribution in [0, 0.1) is 0 Å². The third-order valence-corrected chi connectivity index (χ3v) is 4.17. The van der Waals surface area contributed by atoms with Gasteiger partial charge in [0, 0.05) is 37.3 Å². The molecule has 0 amide bonds. The fraction of sp³-hybridized carbons (Fsp3) is 0.412. The second-order valence-corrected chi connectivity index (χ2v) is 5.49. The van der Waals surface area contributed by atoms with E-state index in [2.05, 4.69) is 53.5 Å². The van der Waals surface area contributed by atoms with E-state index in [1.165, 1.54) is 17.5 Å². The van der Waals surface area contributed by atoms with Crippen molar-refractivity contribution in [3.8, 4) is 0 Å². The molecule has 1 aromatic carbocycles. The van der Waals surface area contributed by atoms with Crippen LogP contribution in [0.1, 0.15) is 30.5 Å². The second kappa shape index (κ2) is 6.25. The molecule has 0 saturated carbocycles. The Morgan fingerprint density at radius 2 is 2.10 bits per heavy atom. The summed E-state index contributed by atoms with van der Waals surface area (Å²) in [5.41, 5.74) is 2.64. The lowest BCUT2D eigenvalue weighted by Gasteiger charge is -2.40. The fourth-order valence-electron chi connectivity index (χ4n) is 2.98. The summed E-state index contributed by atoms with van der Waals surface area (Å²) in [6.07, 6.45) is 4.78. The van der Waals surface area contributed by atoms with Gasteiger partial charge < -0.3 is 9.73 Å². The lowest BCUT2D eigenvalue weighted by molar-refractivity contribution is 0.119. The summed E-state index contributed by atoms with van der Waals surface area (Å²) in [6.45, 7) is 5.33. The molecule has 2 atom stereocenters. The van der Waals surface area contributed by atoms with Crippen molar-refractivity contribution in [1.29, 1.82) is 0 Å². The molecule has 1 fully saturated rings. The van der Waals surface area contributed by atoms with Crippen LogP contribution in [0.2, 0.25) is 0 Å². The monoisotopic (exact) mass is 270 g/mol. The van der Waals surface area contributed by atoms with E-state index in [0.717, 1.165) is 19.6 Å². The molecular weight excluding hydrogens is 248 g/mol. The van der Waals surface area contributed by atoms with E-state index < -0.39 is 0 Å². The first-order chi connectivity index (χ1) is 9.86. The average molecular weight is 270 g/mol. The second-order valence-electron chi connectivity index (χ2n) is 5.49. The van der Waals surface area contributed by atoms with Crippen LogP contribution >= 0.6 is 0 Å². The van der Waals surface area contributed by atoms with Crippen molar-refractivity contribution in [3.05, 3.63) is 60.1 Å². The number of piperazine rings is 1. The number of furan rings is 1. The van der Waals surface area contributed by atoms with Gasteiger partial charge in [-0.05, 0) is 18.1 Å². The van der Waals surface area contributed by atoms with E-state index in [-0.39, 0.29) is 0 Å². The first kappa shape index (κ1) is 13.4. The Morgan fingerprint density at radius 1 is 1.25 bits per heavy atom. The minimum atomic E-state index is 0.422. The first-order valence-electron chi connectivity index (χ1n) is 7.40. The van der Waals surface area contributed by atoms with Crippen molar-refractivity contribution in [1.82, 2.24) is 10.2 Å². The van der Waals surface area contributed by atoms with E-state index in [1.54, 1.807) is 6.26 Å². The van der Waals surface area contributed by atoms with E-state index in [0.29, 0.717) is 12.1 Å². The Balaban J connectivity index is 1.72. The Labute approximate surface area is 120 Å². The maximum absolute atomic E-state index is 5.19. The summed E-state index contributed by atoms with van der Waals surface area (Å²) >= 11 is 0. The first-order valence-corrected chi connectivity index (χ1v) is 7.40. The summed E-state index contributed by atoms with van der Waals surface area (Å²) in [5.74, 6) is 0. The molecule has 1 aliphatic heterocycles. The molecule has 1 saturated heterocycles. The molecular formula is C17H22N2O. The zero-order valence-electron chi connectivity index (χ0n) is 12.0. The molecule has 3 heteroatoms. The third kappa shape index (κ3) is 2.94. The highest BCUT2D eigenvalue weighted by Gasteiger charge is 2.27. The lowest BCUT2D eigenvalue weighted by atomic mass is 10.0. The van der Waals surface area contributed by atoms with Crippen molar-refractivity contribution in [3.63, 3.8) is 0 Å². The van der Waals surface area contributed by atoms with Crippen molar-refractivity contribution < 1.29 is 4.42 Å². The smallest absolute Gasteiger partial charge is 0.0947 e. The summed E-state index contributed by atoms with van der Waals surface area (Å²) in [6, 6.07) is 13.8. The maximum Gasteiger partial charge on any atom is 0.0947 e. The Morgan fingerprint density at radius 3 is 2.80 bits per heavy atom. The number of nitrogens with one attached hydrogen (secondary N) is 1. The molecule has 106 valence electrons. The van der Waals surface area contributed by atoms with Gasteiger partial charge >= 0.3 is 0 Å². The quantitative estimate of drug-likeness (QED) is 0.924. The summed E-state index contributed by atoms with van der Waals surface area (Å²) < 4.78 is 5.19. The van der Waals surface area contributed by atoms with Crippen LogP contribution in [0.4, 0.5) is 0 Å². The minimum absolute atomic E-state index is 0.422. The van der Waals surface area contributed by atoms with E-state index in [4.69, 9.17) is 4.42 Å². The van der Waals surface area contributed by atoms with Gasteiger partial charge in [-0.15, -0.1) is 0 Å². The van der Waals surface area contributed by atoms with Gasteiger partial charge in [-0.1, -0.05) is 37.3 Å². The average Bonchev–Trinajstić information content (AvgIpc) is 3.01. The number of hydrogen-bond donors (Lipinski definition) is 1. The van der Waals surface area contributed by atoms with Crippen LogP contribution in [0.5, 0.6) is 0 Å². The Bertz CT molecular complexity index is 509. The number of nitrogens with zero attached hydrogens (tertiary/aromatic N) is 1. The molecule has 0 spiro atoms. The highest BCUT2D eigenvalue weighted by molar-refractivity contribution is 5.20. The van der Waals surface area contributed by atoms with Crippen LogP contribution in [-0.4, -0.2) is 24.0 Å². The third-order valence-electron chi connectivity index (χ3n) is 4.17. The summed E-state index contributed by atoms with van der Waals surface area (Å²) in [5, 5.41) is 3.68. The topological polar surface area (TPSA) is 28.4 Å². The molecule has 0 aliphatic carbocycles. The molecule has 3 nitrogen and oxygen atoms in total. The molecule has 2 unspecified atom stereocenters. The van der Waals surface area contributed by atoms with Gasteiger partial charge in [0.2, 0.25) is 0 Å². The molecule has 0 bridgehead atoms. The van der Waals surface area contributed by atoms with Crippen molar-refractivity contribution >= 4 is 0 Å². The van der Waals surface area contributed by atoms with Gasteiger partial charge in [0.25, 0.3) is 0 Å². The predicted octanol–water partition coefficient (Wildman–Crippen LogP) is 3.20. The van der Waals surface area contributed by atoms with Gasteiger partial charge in [-0.25, -0.2) is 0 Å². The fourth-order valence-corrected chi connectivity index (χ4v) is 2.98. The summed E-state index contributed by atoms with van der Waals surface area (Å²) in [4.78, 5) is 2.57. The Hall–Kier alpha value is -1.58. The zero-order valence-corrected chi connectivity index (χ0v) is 12.0. The van der Waals surface area contributed by atoms with Crippen molar-refractivity contribution in [2.45, 2.75) is 32.0 Å². The molecule has 1 aromatic heterocycles. The van der Waals surface area contributed by atoms with Crippen molar-refractivity contribution in [2.75, 3.05) is 13.1 Å². The van der Waals surface area contributed by atoms with Crippen molar-refractivity contribution in [2.24, 2.45) is 0 Å². The van der Waals surface area contributed by atoms with Gasteiger partial charge in [-0.3, -0.25) is 4.90 Å². The van der Waals surface area contributed by atoms with Gasteiger partial charge in [0.15, 0.2) is 0 Å². The highest BCUT2D eigenvalue weighted by atomic mass is 16.3. The minimum Gasteiger partial charge on any atom is -0.472 e. The Kier molecular flexibility index (Phi) is 4.19. The molecule has 3 rings (SSSR count). The number of rotatable bonds is 4. The van der Waals surface area contributed by atoms with Crippen LogP contribution in [0.3, 0.4) is 0 Å². The SMILES string of the molecule is CCC1CNC(c2ccccc2)CN1Cc1ccoc1. The molecule has 2 aromatic rings. The van der Waals surface area contributed by atoms with E-state index in [9.17, 15) is 0 Å². The van der Waals surface area contributed by atoms with E-state index >= 15 is 0 Å². The lowest BCUT2D eigenvalue weighted by Crippen LogP contribution is -2.51. The predicted molar refractivity (Wildman–Crippen MR) is 80.4 cm³/mol. The van der Waals surface area contributed by atoms with Gasteiger partial charge in [-0.2, -0.15) is 0 Å². The zero-order chi connectivity index (χ0) is 13.8. The maximum atomic E-state index is 5.19. The van der Waals surface area contributed by atoms with Crippen LogP contribution < -0.4 is 5.32 Å².